The lowest BCUT2D eigenvalue weighted by Crippen LogP contribution is -2.37. The van der Waals surface area contributed by atoms with Gasteiger partial charge in [-0.2, -0.15) is 0 Å². The summed E-state index contributed by atoms with van der Waals surface area (Å²) in [5.74, 6) is 0.226. The Morgan fingerprint density at radius 2 is 2.21 bits per heavy atom. The second kappa shape index (κ2) is 5.32. The number of rotatable bonds is 2. The molecule has 1 unspecified atom stereocenters. The largest absolute Gasteiger partial charge is 0.349 e. The molecule has 1 N–H and O–H groups in total. The molecule has 1 aliphatic heterocycles. The normalized spacial score (nSPS) is 24.4. The summed E-state index contributed by atoms with van der Waals surface area (Å²) in [4.78, 5) is 15.5. The molecule has 1 aliphatic rings. The highest BCUT2D eigenvalue weighted by Crippen LogP contribution is 2.09. The van der Waals surface area contributed by atoms with Gasteiger partial charge in [0.15, 0.2) is 0 Å². The van der Waals surface area contributed by atoms with Crippen molar-refractivity contribution >= 4 is 5.91 Å². The maximum Gasteiger partial charge on any atom is 0.223 e. The van der Waals surface area contributed by atoms with Crippen molar-refractivity contribution in [2.75, 3.05) is 40.8 Å². The molecule has 4 nitrogen and oxygen atoms in total. The molecule has 0 saturated carbocycles. The average Bonchev–Trinajstić information content (AvgIpc) is 2.32. The molecular formula is C10H21N3O. The first-order valence-electron chi connectivity index (χ1n) is 5.22. The molecule has 0 bridgehead atoms. The van der Waals surface area contributed by atoms with E-state index in [0.29, 0.717) is 12.5 Å². The van der Waals surface area contributed by atoms with E-state index in [9.17, 15) is 4.79 Å². The lowest BCUT2D eigenvalue weighted by Gasteiger charge is -2.25. The second-order valence-electron chi connectivity index (χ2n) is 4.17. The predicted molar refractivity (Wildman–Crippen MR) is 57.2 cm³/mol. The van der Waals surface area contributed by atoms with Crippen LogP contribution < -0.4 is 5.32 Å². The third-order valence-electron chi connectivity index (χ3n) is 2.83. The Hall–Kier alpha value is -0.610. The monoisotopic (exact) mass is 199 g/mol. The van der Waals surface area contributed by atoms with Crippen molar-refractivity contribution in [1.29, 1.82) is 0 Å². The molecule has 1 saturated heterocycles. The van der Waals surface area contributed by atoms with Crippen LogP contribution >= 0.6 is 0 Å². The first kappa shape index (κ1) is 11.5. The molecule has 0 radical (unpaired) electrons. The summed E-state index contributed by atoms with van der Waals surface area (Å²) in [5.41, 5.74) is 0. The number of hydrogen-bond donors (Lipinski definition) is 1. The van der Waals surface area contributed by atoms with Gasteiger partial charge in [0.25, 0.3) is 0 Å². The molecular weight excluding hydrogens is 178 g/mol. The summed E-state index contributed by atoms with van der Waals surface area (Å²) in [5, 5.41) is 3.34. The van der Waals surface area contributed by atoms with Gasteiger partial charge in [0.1, 0.15) is 0 Å². The quantitative estimate of drug-likeness (QED) is 0.666. The standard InChI is InChI=1S/C10H21N3O/c1-12(2)10(14)8-9-4-5-11-6-7-13(9)3/h9,11H,4-8H2,1-3H3. The molecule has 1 heterocycles. The molecule has 0 aliphatic carbocycles. The molecule has 14 heavy (non-hydrogen) atoms. The minimum atomic E-state index is 0.226. The van der Waals surface area contributed by atoms with Gasteiger partial charge in [0.2, 0.25) is 5.91 Å². The van der Waals surface area contributed by atoms with Crippen molar-refractivity contribution in [2.24, 2.45) is 0 Å². The van der Waals surface area contributed by atoms with Crippen LogP contribution in [-0.4, -0.2) is 62.5 Å². The predicted octanol–water partition coefficient (Wildman–Crippen LogP) is -0.242. The van der Waals surface area contributed by atoms with Crippen LogP contribution in [0.1, 0.15) is 12.8 Å². The van der Waals surface area contributed by atoms with Crippen LogP contribution in [0.2, 0.25) is 0 Å². The first-order valence-corrected chi connectivity index (χ1v) is 5.22. The number of amides is 1. The summed E-state index contributed by atoms with van der Waals surface area (Å²) in [6.45, 7) is 3.09. The van der Waals surface area contributed by atoms with E-state index in [1.54, 1.807) is 4.90 Å². The van der Waals surface area contributed by atoms with Crippen molar-refractivity contribution in [3.63, 3.8) is 0 Å². The summed E-state index contributed by atoms with van der Waals surface area (Å²) in [7, 11) is 5.73. The van der Waals surface area contributed by atoms with Crippen LogP contribution in [0.5, 0.6) is 0 Å². The number of carbonyl (C=O) groups excluding carboxylic acids is 1. The number of carbonyl (C=O) groups is 1. The summed E-state index contributed by atoms with van der Waals surface area (Å²) >= 11 is 0. The SMILES string of the molecule is CN(C)C(=O)CC1CCNCCN1C. The van der Waals surface area contributed by atoms with E-state index in [1.807, 2.05) is 14.1 Å². The van der Waals surface area contributed by atoms with Gasteiger partial charge in [0.05, 0.1) is 0 Å². The minimum Gasteiger partial charge on any atom is -0.349 e. The van der Waals surface area contributed by atoms with Crippen LogP contribution in [0.3, 0.4) is 0 Å². The fraction of sp³-hybridized carbons (Fsp3) is 0.900. The van der Waals surface area contributed by atoms with Crippen molar-refractivity contribution in [3.05, 3.63) is 0 Å². The lowest BCUT2D eigenvalue weighted by molar-refractivity contribution is -0.129. The zero-order chi connectivity index (χ0) is 10.6. The molecule has 1 fully saturated rings. The Balaban J connectivity index is 2.44. The maximum absolute atomic E-state index is 11.5. The summed E-state index contributed by atoms with van der Waals surface area (Å²) < 4.78 is 0. The zero-order valence-corrected chi connectivity index (χ0v) is 9.42. The molecule has 1 rings (SSSR count). The number of nitrogens with one attached hydrogen (secondary N) is 1. The van der Waals surface area contributed by atoms with Gasteiger partial charge in [-0.25, -0.2) is 0 Å². The Morgan fingerprint density at radius 1 is 1.50 bits per heavy atom. The molecule has 1 atom stereocenters. The molecule has 0 aromatic rings. The molecule has 0 aromatic heterocycles. The Labute approximate surface area is 86.2 Å². The van der Waals surface area contributed by atoms with Crippen molar-refractivity contribution in [2.45, 2.75) is 18.9 Å². The van der Waals surface area contributed by atoms with Crippen molar-refractivity contribution in [1.82, 2.24) is 15.1 Å². The molecule has 1 amide bonds. The van der Waals surface area contributed by atoms with E-state index < -0.39 is 0 Å². The highest BCUT2D eigenvalue weighted by Gasteiger charge is 2.20. The summed E-state index contributed by atoms with van der Waals surface area (Å²) in [6, 6.07) is 0.403. The van der Waals surface area contributed by atoms with Gasteiger partial charge >= 0.3 is 0 Å². The van der Waals surface area contributed by atoms with E-state index in [0.717, 1.165) is 26.1 Å². The summed E-state index contributed by atoms with van der Waals surface area (Å²) in [6.07, 6.45) is 1.71. The van der Waals surface area contributed by atoms with Crippen LogP contribution in [0.25, 0.3) is 0 Å². The van der Waals surface area contributed by atoms with E-state index in [4.69, 9.17) is 0 Å². The number of likely N-dealkylation sites (N-methyl/N-ethyl adjacent to an activating group) is 1. The van der Waals surface area contributed by atoms with Gasteiger partial charge < -0.3 is 15.1 Å². The van der Waals surface area contributed by atoms with Crippen LogP contribution in [0.4, 0.5) is 0 Å². The number of nitrogens with zero attached hydrogens (tertiary/aromatic N) is 2. The second-order valence-corrected chi connectivity index (χ2v) is 4.17. The lowest BCUT2D eigenvalue weighted by atomic mass is 10.1. The van der Waals surface area contributed by atoms with E-state index >= 15 is 0 Å². The van der Waals surface area contributed by atoms with Crippen molar-refractivity contribution in [3.8, 4) is 0 Å². The highest BCUT2D eigenvalue weighted by atomic mass is 16.2. The zero-order valence-electron chi connectivity index (χ0n) is 9.42. The van der Waals surface area contributed by atoms with Gasteiger partial charge in [-0.05, 0) is 20.0 Å². The van der Waals surface area contributed by atoms with Gasteiger partial charge in [0, 0.05) is 39.6 Å². The Kier molecular flexibility index (Phi) is 4.35. The van der Waals surface area contributed by atoms with Gasteiger partial charge in [-0.3, -0.25) is 4.79 Å². The molecule has 0 aromatic carbocycles. The average molecular weight is 199 g/mol. The van der Waals surface area contributed by atoms with Gasteiger partial charge in [-0.1, -0.05) is 0 Å². The minimum absolute atomic E-state index is 0.226. The topological polar surface area (TPSA) is 35.6 Å². The Morgan fingerprint density at radius 3 is 2.86 bits per heavy atom. The van der Waals surface area contributed by atoms with E-state index in [1.165, 1.54) is 0 Å². The molecule has 82 valence electrons. The highest BCUT2D eigenvalue weighted by molar-refractivity contribution is 5.76. The maximum atomic E-state index is 11.5. The molecule has 4 heteroatoms. The van der Waals surface area contributed by atoms with Gasteiger partial charge in [-0.15, -0.1) is 0 Å². The Bertz CT molecular complexity index is 194. The third kappa shape index (κ3) is 3.27. The van der Waals surface area contributed by atoms with E-state index in [-0.39, 0.29) is 5.91 Å². The van der Waals surface area contributed by atoms with Crippen LogP contribution in [0.15, 0.2) is 0 Å². The van der Waals surface area contributed by atoms with Crippen LogP contribution in [0, 0.1) is 0 Å². The van der Waals surface area contributed by atoms with Crippen molar-refractivity contribution < 1.29 is 4.79 Å². The van der Waals surface area contributed by atoms with Crippen LogP contribution in [-0.2, 0) is 4.79 Å². The molecule has 0 spiro atoms. The third-order valence-corrected chi connectivity index (χ3v) is 2.83. The smallest absolute Gasteiger partial charge is 0.223 e. The fourth-order valence-electron chi connectivity index (χ4n) is 1.69. The first-order chi connectivity index (χ1) is 6.61. The van der Waals surface area contributed by atoms with E-state index in [2.05, 4.69) is 17.3 Å². The fourth-order valence-corrected chi connectivity index (χ4v) is 1.69. The number of hydrogen-bond acceptors (Lipinski definition) is 3.